The molecule has 2 aliphatic rings. The summed E-state index contributed by atoms with van der Waals surface area (Å²) in [6, 6.07) is 4.71. The SMILES string of the molecule is O=C(N[C@@H]1CCCc2cc(OC(F)F)ccc21)[C@H]1CCCN1c1nccs1. The van der Waals surface area contributed by atoms with Gasteiger partial charge < -0.3 is 15.0 Å². The summed E-state index contributed by atoms with van der Waals surface area (Å²) in [6.07, 6.45) is 6.08. The van der Waals surface area contributed by atoms with Crippen LogP contribution in [0, 0.1) is 0 Å². The van der Waals surface area contributed by atoms with E-state index >= 15 is 0 Å². The number of hydrogen-bond acceptors (Lipinski definition) is 5. The summed E-state index contributed by atoms with van der Waals surface area (Å²) in [5.74, 6) is 0.176. The summed E-state index contributed by atoms with van der Waals surface area (Å²) in [4.78, 5) is 19.4. The molecule has 2 atom stereocenters. The van der Waals surface area contributed by atoms with Crippen molar-refractivity contribution >= 4 is 22.4 Å². The molecular formula is C19H21F2N3O2S. The van der Waals surface area contributed by atoms with Gasteiger partial charge in [0.2, 0.25) is 5.91 Å². The highest BCUT2D eigenvalue weighted by Gasteiger charge is 2.34. The van der Waals surface area contributed by atoms with Gasteiger partial charge in [-0.1, -0.05) is 6.07 Å². The Morgan fingerprint density at radius 3 is 3.00 bits per heavy atom. The van der Waals surface area contributed by atoms with Crippen LogP contribution in [0.5, 0.6) is 5.75 Å². The number of nitrogens with one attached hydrogen (secondary N) is 1. The highest BCUT2D eigenvalue weighted by atomic mass is 32.1. The normalized spacial score (nSPS) is 22.0. The molecule has 1 saturated heterocycles. The maximum Gasteiger partial charge on any atom is 0.387 e. The van der Waals surface area contributed by atoms with Crippen molar-refractivity contribution in [1.29, 1.82) is 0 Å². The Labute approximate surface area is 160 Å². The summed E-state index contributed by atoms with van der Waals surface area (Å²) in [7, 11) is 0. The lowest BCUT2D eigenvalue weighted by Gasteiger charge is -2.30. The van der Waals surface area contributed by atoms with Crippen molar-refractivity contribution in [3.8, 4) is 5.75 Å². The third kappa shape index (κ3) is 3.90. The van der Waals surface area contributed by atoms with Crippen molar-refractivity contribution < 1.29 is 18.3 Å². The van der Waals surface area contributed by atoms with E-state index < -0.39 is 6.61 Å². The van der Waals surface area contributed by atoms with Crippen LogP contribution in [-0.4, -0.2) is 30.1 Å². The first kappa shape index (κ1) is 18.2. The predicted molar refractivity (Wildman–Crippen MR) is 99.4 cm³/mol. The Kier molecular flexibility index (Phi) is 5.24. The summed E-state index contributed by atoms with van der Waals surface area (Å²) in [5, 5.41) is 5.97. The average Bonchev–Trinajstić information content (AvgIpc) is 3.32. The Morgan fingerprint density at radius 1 is 1.33 bits per heavy atom. The second-order valence-electron chi connectivity index (χ2n) is 6.86. The number of carbonyl (C=O) groups is 1. The van der Waals surface area contributed by atoms with E-state index in [2.05, 4.69) is 19.9 Å². The first-order chi connectivity index (χ1) is 13.1. The summed E-state index contributed by atoms with van der Waals surface area (Å²) in [5.41, 5.74) is 1.96. The maximum absolute atomic E-state index is 12.9. The lowest BCUT2D eigenvalue weighted by Crippen LogP contribution is -2.45. The molecule has 0 radical (unpaired) electrons. The molecule has 144 valence electrons. The van der Waals surface area contributed by atoms with Gasteiger partial charge in [0.1, 0.15) is 11.8 Å². The number of rotatable bonds is 5. The van der Waals surface area contributed by atoms with Gasteiger partial charge in [-0.05, 0) is 55.4 Å². The molecule has 8 heteroatoms. The lowest BCUT2D eigenvalue weighted by molar-refractivity contribution is -0.123. The van der Waals surface area contributed by atoms with Crippen LogP contribution in [0.3, 0.4) is 0 Å². The average molecular weight is 393 g/mol. The molecule has 1 aliphatic carbocycles. The van der Waals surface area contributed by atoms with E-state index in [0.29, 0.717) is 0 Å². The van der Waals surface area contributed by atoms with Gasteiger partial charge in [0.15, 0.2) is 5.13 Å². The molecule has 0 unspecified atom stereocenters. The molecule has 1 aromatic heterocycles. The van der Waals surface area contributed by atoms with Crippen molar-refractivity contribution in [3.63, 3.8) is 0 Å². The largest absolute Gasteiger partial charge is 0.435 e. The monoisotopic (exact) mass is 393 g/mol. The molecule has 0 saturated carbocycles. The number of ether oxygens (including phenoxy) is 1. The Morgan fingerprint density at radius 2 is 2.22 bits per heavy atom. The zero-order valence-electron chi connectivity index (χ0n) is 14.7. The molecule has 1 aliphatic heterocycles. The van der Waals surface area contributed by atoms with Crippen LogP contribution in [-0.2, 0) is 11.2 Å². The van der Waals surface area contributed by atoms with E-state index in [1.807, 2.05) is 5.38 Å². The molecule has 1 N–H and O–H groups in total. The van der Waals surface area contributed by atoms with Crippen molar-refractivity contribution in [1.82, 2.24) is 10.3 Å². The second-order valence-corrected chi connectivity index (χ2v) is 7.73. The summed E-state index contributed by atoms with van der Waals surface area (Å²) >= 11 is 1.54. The van der Waals surface area contributed by atoms with E-state index in [1.54, 1.807) is 35.7 Å². The zero-order chi connectivity index (χ0) is 18.8. The van der Waals surface area contributed by atoms with E-state index in [4.69, 9.17) is 0 Å². The van der Waals surface area contributed by atoms with Gasteiger partial charge in [-0.3, -0.25) is 4.79 Å². The van der Waals surface area contributed by atoms with E-state index in [-0.39, 0.29) is 23.7 Å². The molecule has 2 heterocycles. The minimum absolute atomic E-state index is 0.00783. The maximum atomic E-state index is 12.9. The fourth-order valence-electron chi connectivity index (χ4n) is 4.01. The van der Waals surface area contributed by atoms with Gasteiger partial charge in [0, 0.05) is 18.1 Å². The van der Waals surface area contributed by atoms with Crippen LogP contribution >= 0.6 is 11.3 Å². The van der Waals surface area contributed by atoms with Crippen molar-refractivity contribution in [2.75, 3.05) is 11.4 Å². The van der Waals surface area contributed by atoms with Gasteiger partial charge in [0.05, 0.1) is 6.04 Å². The third-order valence-electron chi connectivity index (χ3n) is 5.19. The highest BCUT2D eigenvalue weighted by Crippen LogP contribution is 2.34. The number of thiazole rings is 1. The number of anilines is 1. The molecule has 0 spiro atoms. The Hall–Kier alpha value is -2.22. The minimum atomic E-state index is -2.83. The van der Waals surface area contributed by atoms with Gasteiger partial charge in [-0.15, -0.1) is 11.3 Å². The molecule has 5 nitrogen and oxygen atoms in total. The van der Waals surface area contributed by atoms with Gasteiger partial charge in [-0.2, -0.15) is 8.78 Å². The minimum Gasteiger partial charge on any atom is -0.435 e. The molecule has 4 rings (SSSR count). The van der Waals surface area contributed by atoms with Crippen LogP contribution in [0.2, 0.25) is 0 Å². The number of fused-ring (bicyclic) bond motifs is 1. The van der Waals surface area contributed by atoms with Crippen LogP contribution in [0.4, 0.5) is 13.9 Å². The molecule has 1 amide bonds. The molecular weight excluding hydrogens is 372 g/mol. The number of aromatic nitrogens is 1. The third-order valence-corrected chi connectivity index (χ3v) is 6.00. The molecule has 27 heavy (non-hydrogen) atoms. The fourth-order valence-corrected chi connectivity index (χ4v) is 4.73. The Bertz CT molecular complexity index is 800. The number of carbonyl (C=O) groups excluding carboxylic acids is 1. The molecule has 2 aromatic rings. The fraction of sp³-hybridized carbons (Fsp3) is 0.474. The number of alkyl halides is 2. The van der Waals surface area contributed by atoms with E-state index in [0.717, 1.165) is 54.9 Å². The number of nitrogens with zero attached hydrogens (tertiary/aromatic N) is 2. The van der Waals surface area contributed by atoms with Gasteiger partial charge >= 0.3 is 6.61 Å². The first-order valence-corrected chi connectivity index (χ1v) is 10.0. The second kappa shape index (κ2) is 7.80. The lowest BCUT2D eigenvalue weighted by atomic mass is 9.87. The predicted octanol–water partition coefficient (Wildman–Crippen LogP) is 3.91. The van der Waals surface area contributed by atoms with E-state index in [1.165, 1.54) is 0 Å². The van der Waals surface area contributed by atoms with Crippen molar-refractivity contribution in [2.45, 2.75) is 50.8 Å². The first-order valence-electron chi connectivity index (χ1n) is 9.16. The molecule has 1 aromatic carbocycles. The van der Waals surface area contributed by atoms with Gasteiger partial charge in [-0.25, -0.2) is 4.98 Å². The quantitative estimate of drug-likeness (QED) is 0.837. The topological polar surface area (TPSA) is 54.5 Å². The van der Waals surface area contributed by atoms with Crippen LogP contribution in [0.25, 0.3) is 0 Å². The van der Waals surface area contributed by atoms with Crippen LogP contribution < -0.4 is 15.0 Å². The zero-order valence-corrected chi connectivity index (χ0v) is 15.6. The summed E-state index contributed by atoms with van der Waals surface area (Å²) in [6.45, 7) is -2.00. The number of hydrogen-bond donors (Lipinski definition) is 1. The van der Waals surface area contributed by atoms with Crippen molar-refractivity contribution in [2.24, 2.45) is 0 Å². The molecule has 0 bridgehead atoms. The number of benzene rings is 1. The van der Waals surface area contributed by atoms with Crippen molar-refractivity contribution in [3.05, 3.63) is 40.9 Å². The number of aryl methyl sites for hydroxylation is 1. The van der Waals surface area contributed by atoms with Gasteiger partial charge in [0.25, 0.3) is 0 Å². The smallest absolute Gasteiger partial charge is 0.387 e. The van der Waals surface area contributed by atoms with Crippen LogP contribution in [0.1, 0.15) is 42.9 Å². The number of halogens is 2. The molecule has 1 fully saturated rings. The standard InChI is InChI=1S/C19H21F2N3O2S/c20-18(21)26-13-6-7-14-12(11-13)3-1-4-15(14)23-17(25)16-5-2-9-24(16)19-22-8-10-27-19/h6-8,10-11,15-16,18H,1-5,9H2,(H,23,25)/t15-,16-/m1/s1. The summed E-state index contributed by atoms with van der Waals surface area (Å²) < 4.78 is 29.4. The van der Waals surface area contributed by atoms with E-state index in [9.17, 15) is 13.6 Å². The van der Waals surface area contributed by atoms with Crippen LogP contribution in [0.15, 0.2) is 29.8 Å². The Balaban J connectivity index is 1.48. The highest BCUT2D eigenvalue weighted by molar-refractivity contribution is 7.13. The number of amides is 1.